The third-order valence-electron chi connectivity index (χ3n) is 3.41. The van der Waals surface area contributed by atoms with Crippen LogP contribution in [0.4, 0.5) is 0 Å². The Labute approximate surface area is 126 Å². The van der Waals surface area contributed by atoms with Gasteiger partial charge in [0.1, 0.15) is 4.34 Å². The number of hydrogen-bond donors (Lipinski definition) is 1. The fraction of sp³-hybridized carbons (Fsp3) is 0.667. The summed E-state index contributed by atoms with van der Waals surface area (Å²) in [5.74, 6) is 0. The van der Waals surface area contributed by atoms with Crippen LogP contribution in [0.25, 0.3) is 0 Å². The molecule has 0 saturated carbocycles. The molecular formula is C12H19BrClN3S. The van der Waals surface area contributed by atoms with E-state index < -0.39 is 0 Å². The summed E-state index contributed by atoms with van der Waals surface area (Å²) in [5, 5.41) is 0. The second-order valence-electron chi connectivity index (χ2n) is 4.71. The lowest BCUT2D eigenvalue weighted by molar-refractivity contribution is 0.211. The zero-order valence-corrected chi connectivity index (χ0v) is 13.7. The van der Waals surface area contributed by atoms with Crippen molar-refractivity contribution >= 4 is 38.9 Å². The average Bonchev–Trinajstić information content (AvgIpc) is 2.53. The number of thiophene rings is 1. The maximum absolute atomic E-state index is 6.13. The van der Waals surface area contributed by atoms with Gasteiger partial charge in [-0.25, -0.2) is 0 Å². The largest absolute Gasteiger partial charge is 0.329 e. The van der Waals surface area contributed by atoms with Gasteiger partial charge in [-0.1, -0.05) is 11.6 Å². The Hall–Kier alpha value is 0.350. The molecule has 3 nitrogen and oxygen atoms in total. The lowest BCUT2D eigenvalue weighted by atomic mass is 10.2. The van der Waals surface area contributed by atoms with Crippen molar-refractivity contribution in [2.75, 3.05) is 39.8 Å². The molecule has 1 aliphatic rings. The first-order chi connectivity index (χ1) is 8.61. The molecule has 1 aliphatic heterocycles. The monoisotopic (exact) mass is 351 g/mol. The maximum atomic E-state index is 6.13. The molecule has 0 bridgehead atoms. The summed E-state index contributed by atoms with van der Waals surface area (Å²) < 4.78 is 1.80. The number of nitrogens with zero attached hydrogens (tertiary/aromatic N) is 2. The molecule has 6 heteroatoms. The third-order valence-corrected chi connectivity index (χ3v) is 5.99. The van der Waals surface area contributed by atoms with Gasteiger partial charge in [0.15, 0.2) is 0 Å². The van der Waals surface area contributed by atoms with Crippen LogP contribution >= 0.6 is 38.9 Å². The fourth-order valence-corrected chi connectivity index (χ4v) is 4.24. The van der Waals surface area contributed by atoms with Crippen LogP contribution in [0.2, 0.25) is 4.34 Å². The topological polar surface area (TPSA) is 32.5 Å². The number of hydrogen-bond acceptors (Lipinski definition) is 4. The predicted octanol–water partition coefficient (Wildman–Crippen LogP) is 2.80. The van der Waals surface area contributed by atoms with E-state index in [2.05, 4.69) is 38.8 Å². The minimum absolute atomic E-state index is 0.297. The van der Waals surface area contributed by atoms with E-state index in [1.807, 2.05) is 0 Å². The van der Waals surface area contributed by atoms with Crippen LogP contribution in [0.15, 0.2) is 10.5 Å². The normalized spacial score (nSPS) is 20.9. The molecule has 0 aliphatic carbocycles. The zero-order chi connectivity index (χ0) is 13.1. The molecule has 18 heavy (non-hydrogen) atoms. The standard InChI is InChI=1S/C12H19BrClN3S/c1-16-3-2-4-17(6-5-16)10(8-15)11-7-9(13)12(14)18-11/h7,10H,2-6,8,15H2,1H3. The smallest absolute Gasteiger partial charge is 0.107 e. The molecule has 1 unspecified atom stereocenters. The minimum Gasteiger partial charge on any atom is -0.329 e. The maximum Gasteiger partial charge on any atom is 0.107 e. The molecule has 1 aromatic rings. The van der Waals surface area contributed by atoms with Gasteiger partial charge in [-0.05, 0) is 42.0 Å². The molecule has 1 saturated heterocycles. The van der Waals surface area contributed by atoms with Gasteiger partial charge in [-0.15, -0.1) is 11.3 Å². The predicted molar refractivity (Wildman–Crippen MR) is 82.5 cm³/mol. The summed E-state index contributed by atoms with van der Waals surface area (Å²) in [6, 6.07) is 2.41. The molecular weight excluding hydrogens is 334 g/mol. The minimum atomic E-state index is 0.297. The first-order valence-electron chi connectivity index (χ1n) is 6.19. The number of likely N-dealkylation sites (N-methyl/N-ethyl adjacent to an activating group) is 1. The van der Waals surface area contributed by atoms with Crippen LogP contribution in [0, 0.1) is 0 Å². The van der Waals surface area contributed by atoms with Crippen LogP contribution in [-0.4, -0.2) is 49.6 Å². The van der Waals surface area contributed by atoms with E-state index in [0.717, 1.165) is 28.4 Å². The average molecular weight is 353 g/mol. The van der Waals surface area contributed by atoms with Crippen molar-refractivity contribution in [3.63, 3.8) is 0 Å². The summed E-state index contributed by atoms with van der Waals surface area (Å²) in [4.78, 5) is 6.13. The van der Waals surface area contributed by atoms with Gasteiger partial charge >= 0.3 is 0 Å². The van der Waals surface area contributed by atoms with Crippen LogP contribution < -0.4 is 5.73 Å². The van der Waals surface area contributed by atoms with E-state index in [9.17, 15) is 0 Å². The van der Waals surface area contributed by atoms with E-state index in [1.54, 1.807) is 11.3 Å². The van der Waals surface area contributed by atoms with Gasteiger partial charge in [0.25, 0.3) is 0 Å². The Morgan fingerprint density at radius 3 is 2.83 bits per heavy atom. The third kappa shape index (κ3) is 3.46. The van der Waals surface area contributed by atoms with Gasteiger partial charge in [-0.2, -0.15) is 0 Å². The van der Waals surface area contributed by atoms with E-state index in [1.165, 1.54) is 17.8 Å². The van der Waals surface area contributed by atoms with Crippen molar-refractivity contribution in [2.45, 2.75) is 12.5 Å². The number of halogens is 2. The molecule has 1 atom stereocenters. The summed E-state index contributed by atoms with van der Waals surface area (Å²) in [5.41, 5.74) is 5.97. The SMILES string of the molecule is CN1CCCN(C(CN)c2cc(Br)c(Cl)s2)CC1. The Bertz CT molecular complexity index is 379. The summed E-state index contributed by atoms with van der Waals surface area (Å²) >= 11 is 11.2. The van der Waals surface area contributed by atoms with Crippen molar-refractivity contribution in [2.24, 2.45) is 5.73 Å². The molecule has 2 heterocycles. The Kier molecular flexibility index (Phi) is 5.47. The molecule has 0 spiro atoms. The Balaban J connectivity index is 2.12. The molecule has 0 radical (unpaired) electrons. The molecule has 102 valence electrons. The first kappa shape index (κ1) is 14.8. The molecule has 2 N–H and O–H groups in total. The van der Waals surface area contributed by atoms with Crippen molar-refractivity contribution in [1.29, 1.82) is 0 Å². The summed E-state index contributed by atoms with van der Waals surface area (Å²) in [7, 11) is 2.18. The second-order valence-corrected chi connectivity index (χ2v) is 7.25. The fourth-order valence-electron chi connectivity index (χ4n) is 2.35. The van der Waals surface area contributed by atoms with Gasteiger partial charge in [0.05, 0.1) is 6.04 Å². The van der Waals surface area contributed by atoms with Crippen molar-refractivity contribution in [3.8, 4) is 0 Å². The van der Waals surface area contributed by atoms with Gasteiger partial charge in [-0.3, -0.25) is 4.90 Å². The second kappa shape index (κ2) is 6.68. The van der Waals surface area contributed by atoms with Crippen LogP contribution in [0.3, 0.4) is 0 Å². The highest BCUT2D eigenvalue weighted by Gasteiger charge is 2.23. The number of rotatable bonds is 3. The van der Waals surface area contributed by atoms with E-state index in [4.69, 9.17) is 17.3 Å². The van der Waals surface area contributed by atoms with Crippen LogP contribution in [-0.2, 0) is 0 Å². The van der Waals surface area contributed by atoms with E-state index >= 15 is 0 Å². The van der Waals surface area contributed by atoms with E-state index in [-0.39, 0.29) is 0 Å². The molecule has 0 aromatic carbocycles. The van der Waals surface area contributed by atoms with Crippen LogP contribution in [0.5, 0.6) is 0 Å². The van der Waals surface area contributed by atoms with Crippen molar-refractivity contribution in [1.82, 2.24) is 9.80 Å². The Morgan fingerprint density at radius 2 is 2.22 bits per heavy atom. The summed E-state index contributed by atoms with van der Waals surface area (Å²) in [6.07, 6.45) is 1.20. The molecule has 1 aromatic heterocycles. The molecule has 0 amide bonds. The molecule has 2 rings (SSSR count). The number of nitrogens with two attached hydrogens (primary N) is 1. The quantitative estimate of drug-likeness (QED) is 0.908. The van der Waals surface area contributed by atoms with Crippen molar-refractivity contribution < 1.29 is 0 Å². The van der Waals surface area contributed by atoms with Gasteiger partial charge < -0.3 is 10.6 Å². The first-order valence-corrected chi connectivity index (χ1v) is 8.18. The summed E-state index contributed by atoms with van der Waals surface area (Å²) in [6.45, 7) is 5.11. The van der Waals surface area contributed by atoms with Gasteiger partial charge in [0, 0.05) is 35.5 Å². The van der Waals surface area contributed by atoms with Crippen molar-refractivity contribution in [3.05, 3.63) is 19.8 Å². The lowest BCUT2D eigenvalue weighted by Gasteiger charge is -2.28. The van der Waals surface area contributed by atoms with E-state index in [0.29, 0.717) is 12.6 Å². The zero-order valence-electron chi connectivity index (χ0n) is 10.5. The van der Waals surface area contributed by atoms with Crippen LogP contribution in [0.1, 0.15) is 17.3 Å². The van der Waals surface area contributed by atoms with Gasteiger partial charge in [0.2, 0.25) is 0 Å². The highest BCUT2D eigenvalue weighted by molar-refractivity contribution is 9.10. The lowest BCUT2D eigenvalue weighted by Crippen LogP contribution is -2.36. The highest BCUT2D eigenvalue weighted by atomic mass is 79.9. The highest BCUT2D eigenvalue weighted by Crippen LogP contribution is 2.37. The Morgan fingerprint density at radius 1 is 1.44 bits per heavy atom. The molecule has 1 fully saturated rings.